The van der Waals surface area contributed by atoms with Crippen molar-refractivity contribution < 1.29 is 9.59 Å². The molecule has 3 rings (SSSR count). The van der Waals surface area contributed by atoms with Crippen LogP contribution in [0.5, 0.6) is 0 Å². The van der Waals surface area contributed by atoms with Gasteiger partial charge in [0, 0.05) is 31.7 Å². The second kappa shape index (κ2) is 9.25. The lowest BCUT2D eigenvalue weighted by atomic mass is 10.1. The lowest BCUT2D eigenvalue weighted by molar-refractivity contribution is -0.132. The van der Waals surface area contributed by atoms with Crippen LogP contribution >= 0.6 is 12.4 Å². The van der Waals surface area contributed by atoms with Gasteiger partial charge in [0.15, 0.2) is 0 Å². The van der Waals surface area contributed by atoms with Gasteiger partial charge >= 0.3 is 0 Å². The third-order valence-electron chi connectivity index (χ3n) is 4.43. The minimum absolute atomic E-state index is 0. The minimum Gasteiger partial charge on any atom is -0.399 e. The molecule has 0 fully saturated rings. The van der Waals surface area contributed by atoms with Gasteiger partial charge in [-0.15, -0.1) is 12.4 Å². The highest BCUT2D eigenvalue weighted by Gasteiger charge is 2.22. The number of nitrogens with two attached hydrogens (primary N) is 1. The van der Waals surface area contributed by atoms with Crippen LogP contribution in [0.15, 0.2) is 48.5 Å². The summed E-state index contributed by atoms with van der Waals surface area (Å²) in [4.78, 5) is 26.1. The van der Waals surface area contributed by atoms with E-state index < -0.39 is 0 Å². The first-order valence-electron chi connectivity index (χ1n) is 8.57. The molecule has 5 nitrogen and oxygen atoms in total. The lowest BCUT2D eigenvalue weighted by Gasteiger charge is -2.15. The van der Waals surface area contributed by atoms with E-state index in [9.17, 15) is 9.59 Å². The number of nitrogens with one attached hydrogen (secondary N) is 1. The highest BCUT2D eigenvalue weighted by Crippen LogP contribution is 2.22. The van der Waals surface area contributed by atoms with Crippen molar-refractivity contribution in [2.75, 3.05) is 12.3 Å². The Hall–Kier alpha value is -2.53. The number of hydrogen-bond donors (Lipinski definition) is 2. The van der Waals surface area contributed by atoms with Crippen LogP contribution in [0.4, 0.5) is 5.69 Å². The predicted molar refractivity (Wildman–Crippen MR) is 105 cm³/mol. The Labute approximate surface area is 160 Å². The van der Waals surface area contributed by atoms with Crippen molar-refractivity contribution in [2.24, 2.45) is 0 Å². The van der Waals surface area contributed by atoms with E-state index in [-0.39, 0.29) is 24.2 Å². The Morgan fingerprint density at radius 3 is 2.23 bits per heavy atom. The van der Waals surface area contributed by atoms with Gasteiger partial charge in [0.25, 0.3) is 0 Å². The molecule has 3 N–H and O–H groups in total. The number of amides is 2. The molecule has 1 aliphatic heterocycles. The molecular formula is C20H24ClN3O2. The van der Waals surface area contributed by atoms with Crippen molar-refractivity contribution in [1.29, 1.82) is 0 Å². The summed E-state index contributed by atoms with van der Waals surface area (Å²) in [6, 6.07) is 15.4. The maximum atomic E-state index is 12.3. The van der Waals surface area contributed by atoms with Gasteiger partial charge in [0.1, 0.15) is 0 Å². The molecule has 2 aromatic carbocycles. The van der Waals surface area contributed by atoms with Gasteiger partial charge in [-0.3, -0.25) is 9.59 Å². The number of nitrogens with zero attached hydrogens (tertiary/aromatic N) is 1. The molecule has 6 heteroatoms. The number of fused-ring (bicyclic) bond motifs is 1. The minimum atomic E-state index is -0.0363. The average Bonchev–Trinajstić information content (AvgIpc) is 3.05. The Kier molecular flexibility index (Phi) is 7.04. The molecule has 0 saturated heterocycles. The highest BCUT2D eigenvalue weighted by atomic mass is 35.5. The maximum absolute atomic E-state index is 12.3. The van der Waals surface area contributed by atoms with Crippen molar-refractivity contribution in [3.8, 4) is 0 Å². The first-order chi connectivity index (χ1) is 12.1. The molecule has 26 heavy (non-hydrogen) atoms. The van der Waals surface area contributed by atoms with Gasteiger partial charge in [0.2, 0.25) is 11.8 Å². The first-order valence-corrected chi connectivity index (χ1v) is 8.57. The molecule has 0 radical (unpaired) electrons. The van der Waals surface area contributed by atoms with Crippen LogP contribution in [0.2, 0.25) is 0 Å². The Balaban J connectivity index is 0.00000243. The number of anilines is 1. The largest absolute Gasteiger partial charge is 0.399 e. The van der Waals surface area contributed by atoms with Crippen LogP contribution < -0.4 is 11.1 Å². The summed E-state index contributed by atoms with van der Waals surface area (Å²) < 4.78 is 0. The molecule has 2 amide bonds. The van der Waals surface area contributed by atoms with Crippen molar-refractivity contribution in [1.82, 2.24) is 10.2 Å². The molecule has 138 valence electrons. The Morgan fingerprint density at radius 2 is 1.62 bits per heavy atom. The van der Waals surface area contributed by atoms with Crippen LogP contribution in [0, 0.1) is 0 Å². The molecule has 1 heterocycles. The number of benzene rings is 2. The predicted octanol–water partition coefficient (Wildman–Crippen LogP) is 2.67. The summed E-state index contributed by atoms with van der Waals surface area (Å²) in [6.45, 7) is 1.90. The van der Waals surface area contributed by atoms with Gasteiger partial charge in [0.05, 0.1) is 6.42 Å². The topological polar surface area (TPSA) is 75.4 Å². The second-order valence-electron chi connectivity index (χ2n) is 6.39. The van der Waals surface area contributed by atoms with Crippen LogP contribution in [-0.4, -0.2) is 23.3 Å². The van der Waals surface area contributed by atoms with Crippen LogP contribution in [0.1, 0.15) is 29.5 Å². The monoisotopic (exact) mass is 373 g/mol. The molecule has 0 aliphatic carbocycles. The summed E-state index contributed by atoms with van der Waals surface area (Å²) in [7, 11) is 0. The molecule has 2 aromatic rings. The maximum Gasteiger partial charge on any atom is 0.224 e. The number of carbonyl (C=O) groups excluding carboxylic acids is 2. The van der Waals surface area contributed by atoms with Gasteiger partial charge in [-0.25, -0.2) is 0 Å². The molecule has 0 saturated carbocycles. The number of carbonyl (C=O) groups is 2. The van der Waals surface area contributed by atoms with Gasteiger partial charge < -0.3 is 16.0 Å². The summed E-state index contributed by atoms with van der Waals surface area (Å²) in [5.74, 6) is 0.106. The van der Waals surface area contributed by atoms with Gasteiger partial charge in [-0.05, 0) is 35.2 Å². The van der Waals surface area contributed by atoms with Gasteiger partial charge in [-0.1, -0.05) is 36.4 Å². The standard InChI is InChI=1S/C20H23N3O2.ClH/c21-18-9-7-15(8-10-18)12-19(24)22-11-3-6-20(25)23-13-16-4-1-2-5-17(16)14-23;/h1-2,4-5,7-10H,3,6,11-14,21H2,(H,22,24);1H. The fourth-order valence-electron chi connectivity index (χ4n) is 3.02. The molecule has 0 bridgehead atoms. The third kappa shape index (κ3) is 5.23. The summed E-state index contributed by atoms with van der Waals surface area (Å²) in [6.07, 6.45) is 1.44. The van der Waals surface area contributed by atoms with Crippen LogP contribution in [0.3, 0.4) is 0 Å². The van der Waals surface area contributed by atoms with Crippen molar-refractivity contribution in [3.05, 3.63) is 65.2 Å². The number of rotatable bonds is 6. The van der Waals surface area contributed by atoms with E-state index in [1.165, 1.54) is 11.1 Å². The number of nitrogen functional groups attached to an aromatic ring is 1. The van der Waals surface area contributed by atoms with Crippen LogP contribution in [-0.2, 0) is 29.1 Å². The first kappa shape index (κ1) is 19.8. The summed E-state index contributed by atoms with van der Waals surface area (Å²) in [5.41, 5.74) is 9.70. The normalized spacial score (nSPS) is 12.2. The average molecular weight is 374 g/mol. The molecule has 0 unspecified atom stereocenters. The zero-order chi connectivity index (χ0) is 17.6. The molecule has 0 spiro atoms. The van der Waals surface area contributed by atoms with E-state index in [1.54, 1.807) is 12.1 Å². The van der Waals surface area contributed by atoms with E-state index in [0.29, 0.717) is 44.6 Å². The van der Waals surface area contributed by atoms with E-state index >= 15 is 0 Å². The van der Waals surface area contributed by atoms with E-state index in [0.717, 1.165) is 5.56 Å². The lowest BCUT2D eigenvalue weighted by Crippen LogP contribution is -2.29. The number of hydrogen-bond acceptors (Lipinski definition) is 3. The molecule has 1 aliphatic rings. The molecular weight excluding hydrogens is 350 g/mol. The summed E-state index contributed by atoms with van der Waals surface area (Å²) >= 11 is 0. The molecule has 0 atom stereocenters. The fourth-order valence-corrected chi connectivity index (χ4v) is 3.02. The highest BCUT2D eigenvalue weighted by molar-refractivity contribution is 5.85. The Bertz CT molecular complexity index is 737. The fraction of sp³-hybridized carbons (Fsp3) is 0.300. The SMILES string of the molecule is Cl.Nc1ccc(CC(=O)NCCCC(=O)N2Cc3ccccc3C2)cc1. The van der Waals surface area contributed by atoms with Crippen molar-refractivity contribution in [3.63, 3.8) is 0 Å². The zero-order valence-electron chi connectivity index (χ0n) is 14.6. The zero-order valence-corrected chi connectivity index (χ0v) is 15.4. The quantitative estimate of drug-likeness (QED) is 0.603. The second-order valence-corrected chi connectivity index (χ2v) is 6.39. The van der Waals surface area contributed by atoms with E-state index in [1.807, 2.05) is 29.2 Å². The Morgan fingerprint density at radius 1 is 1.00 bits per heavy atom. The smallest absolute Gasteiger partial charge is 0.224 e. The van der Waals surface area contributed by atoms with E-state index in [4.69, 9.17) is 5.73 Å². The van der Waals surface area contributed by atoms with Crippen molar-refractivity contribution >= 4 is 29.9 Å². The molecule has 0 aromatic heterocycles. The van der Waals surface area contributed by atoms with Crippen LogP contribution in [0.25, 0.3) is 0 Å². The van der Waals surface area contributed by atoms with E-state index in [2.05, 4.69) is 17.4 Å². The third-order valence-corrected chi connectivity index (χ3v) is 4.43. The summed E-state index contributed by atoms with van der Waals surface area (Å²) in [5, 5.41) is 2.87. The van der Waals surface area contributed by atoms with Crippen molar-refractivity contribution in [2.45, 2.75) is 32.4 Å². The van der Waals surface area contributed by atoms with Gasteiger partial charge in [-0.2, -0.15) is 0 Å². The number of halogens is 1.